The summed E-state index contributed by atoms with van der Waals surface area (Å²) in [7, 11) is 1.38. The van der Waals surface area contributed by atoms with Gasteiger partial charge in [-0.1, -0.05) is 48.0 Å². The number of hydrogen-bond acceptors (Lipinski definition) is 7. The summed E-state index contributed by atoms with van der Waals surface area (Å²) in [5.74, 6) is -0.642. The van der Waals surface area contributed by atoms with Crippen molar-refractivity contribution in [3.05, 3.63) is 81.8 Å². The molecule has 0 bridgehead atoms. The van der Waals surface area contributed by atoms with Crippen molar-refractivity contribution >= 4 is 29.2 Å². The smallest absolute Gasteiger partial charge is 0.321 e. The summed E-state index contributed by atoms with van der Waals surface area (Å²) < 4.78 is 11.1. The van der Waals surface area contributed by atoms with Crippen molar-refractivity contribution in [1.82, 2.24) is 15.6 Å². The van der Waals surface area contributed by atoms with Gasteiger partial charge < -0.3 is 14.8 Å². The van der Waals surface area contributed by atoms with Crippen LogP contribution >= 0.6 is 11.3 Å². The number of aromatic nitrogens is 1. The minimum absolute atomic E-state index is 0.113. The molecular weight excluding hydrogens is 430 g/mol. The molecule has 8 nitrogen and oxygen atoms in total. The highest BCUT2D eigenvalue weighted by Crippen LogP contribution is 2.20. The Balaban J connectivity index is 1.60. The maximum atomic E-state index is 12.5. The molecule has 0 saturated carbocycles. The van der Waals surface area contributed by atoms with E-state index in [2.05, 4.69) is 15.6 Å². The second-order valence-corrected chi connectivity index (χ2v) is 7.80. The first-order chi connectivity index (χ1) is 15.4. The van der Waals surface area contributed by atoms with E-state index >= 15 is 0 Å². The Labute approximate surface area is 189 Å². The van der Waals surface area contributed by atoms with E-state index in [0.717, 1.165) is 11.3 Å². The summed E-state index contributed by atoms with van der Waals surface area (Å²) in [6, 6.07) is 15.5. The molecule has 1 atom stereocenters. The molecule has 32 heavy (non-hydrogen) atoms. The average Bonchev–Trinajstić information content (AvgIpc) is 3.24. The third-order valence-electron chi connectivity index (χ3n) is 4.36. The van der Waals surface area contributed by atoms with Crippen LogP contribution in [0, 0.1) is 6.92 Å². The lowest BCUT2D eigenvalue weighted by atomic mass is 10.1. The van der Waals surface area contributed by atoms with Crippen LogP contribution in [-0.2, 0) is 27.4 Å². The van der Waals surface area contributed by atoms with E-state index in [-0.39, 0.29) is 13.0 Å². The number of ether oxygens (including phenoxy) is 2. The normalized spacial score (nSPS) is 11.3. The topological polar surface area (TPSA) is 107 Å². The predicted molar refractivity (Wildman–Crippen MR) is 119 cm³/mol. The Kier molecular flexibility index (Phi) is 7.93. The molecule has 1 unspecified atom stereocenters. The van der Waals surface area contributed by atoms with Crippen LogP contribution in [0.5, 0.6) is 5.75 Å². The van der Waals surface area contributed by atoms with Crippen LogP contribution in [-0.4, -0.2) is 29.9 Å². The van der Waals surface area contributed by atoms with Gasteiger partial charge in [-0.25, -0.2) is 9.78 Å². The van der Waals surface area contributed by atoms with Crippen molar-refractivity contribution in [2.45, 2.75) is 26.1 Å². The number of benzene rings is 2. The van der Waals surface area contributed by atoms with E-state index in [1.165, 1.54) is 18.4 Å². The zero-order chi connectivity index (χ0) is 22.9. The zero-order valence-corrected chi connectivity index (χ0v) is 18.5. The van der Waals surface area contributed by atoms with Crippen molar-refractivity contribution in [1.29, 1.82) is 0 Å². The molecule has 2 N–H and O–H groups in total. The first kappa shape index (κ1) is 23.0. The first-order valence-electron chi connectivity index (χ1n) is 9.84. The molecule has 1 aromatic heterocycles. The predicted octanol–water partition coefficient (Wildman–Crippen LogP) is 3.31. The fraction of sp³-hybridized carbons (Fsp3) is 0.217. The molecule has 1 heterocycles. The second-order valence-electron chi connectivity index (χ2n) is 6.86. The molecule has 9 heteroatoms. The van der Waals surface area contributed by atoms with Gasteiger partial charge in [-0.15, -0.1) is 11.3 Å². The van der Waals surface area contributed by atoms with Crippen LogP contribution in [0.25, 0.3) is 0 Å². The third kappa shape index (κ3) is 6.64. The maximum Gasteiger partial charge on any atom is 0.321 e. The molecule has 2 aromatic carbocycles. The third-order valence-corrected chi connectivity index (χ3v) is 5.23. The highest BCUT2D eigenvalue weighted by atomic mass is 32.1. The summed E-state index contributed by atoms with van der Waals surface area (Å²) >= 11 is 1.37. The second kappa shape index (κ2) is 11.1. The molecule has 0 aliphatic rings. The fourth-order valence-electron chi connectivity index (χ4n) is 2.74. The van der Waals surface area contributed by atoms with E-state index in [0.29, 0.717) is 16.3 Å². The Morgan fingerprint density at radius 1 is 1.06 bits per heavy atom. The Morgan fingerprint density at radius 3 is 2.47 bits per heavy atom. The van der Waals surface area contributed by atoms with Gasteiger partial charge >= 0.3 is 12.0 Å². The Bertz CT molecular complexity index is 1070. The van der Waals surface area contributed by atoms with Gasteiger partial charge in [0.05, 0.1) is 12.1 Å². The lowest BCUT2D eigenvalue weighted by molar-refractivity contribution is -0.155. The Morgan fingerprint density at radius 2 is 1.78 bits per heavy atom. The summed E-state index contributed by atoms with van der Waals surface area (Å²) in [4.78, 5) is 40.9. The number of amides is 3. The Hall–Kier alpha value is -3.72. The quantitative estimate of drug-likeness (QED) is 0.507. The van der Waals surface area contributed by atoms with Crippen LogP contribution in [0.3, 0.4) is 0 Å². The van der Waals surface area contributed by atoms with Gasteiger partial charge in [-0.3, -0.25) is 14.9 Å². The lowest BCUT2D eigenvalue weighted by Gasteiger charge is -2.17. The van der Waals surface area contributed by atoms with Crippen molar-refractivity contribution < 1.29 is 23.9 Å². The molecular formula is C23H23N3O5S. The summed E-state index contributed by atoms with van der Waals surface area (Å²) in [5.41, 5.74) is 2.11. The molecule has 3 aromatic rings. The molecule has 3 rings (SSSR count). The van der Waals surface area contributed by atoms with E-state index in [1.54, 1.807) is 35.7 Å². The molecule has 166 valence electrons. The molecule has 0 fully saturated rings. The number of rotatable bonds is 8. The van der Waals surface area contributed by atoms with E-state index in [9.17, 15) is 14.4 Å². The van der Waals surface area contributed by atoms with Gasteiger partial charge in [0.2, 0.25) is 6.10 Å². The van der Waals surface area contributed by atoms with E-state index < -0.39 is 24.0 Å². The van der Waals surface area contributed by atoms with Gasteiger partial charge in [0.25, 0.3) is 5.91 Å². The van der Waals surface area contributed by atoms with Gasteiger partial charge in [-0.2, -0.15) is 0 Å². The number of thiazole rings is 1. The minimum Gasteiger partial charge on any atom is -0.486 e. The molecule has 0 aliphatic heterocycles. The van der Waals surface area contributed by atoms with Crippen LogP contribution in [0.2, 0.25) is 0 Å². The van der Waals surface area contributed by atoms with Crippen LogP contribution in [0.4, 0.5) is 4.79 Å². The van der Waals surface area contributed by atoms with E-state index in [1.807, 2.05) is 31.2 Å². The summed E-state index contributed by atoms with van der Waals surface area (Å²) in [6.45, 7) is 2.28. The number of esters is 1. The fourth-order valence-corrected chi connectivity index (χ4v) is 3.44. The number of aryl methyl sites for hydroxylation is 1. The lowest BCUT2D eigenvalue weighted by Crippen LogP contribution is -2.41. The number of carbonyl (C=O) groups excluding carboxylic acids is 3. The zero-order valence-electron chi connectivity index (χ0n) is 17.7. The van der Waals surface area contributed by atoms with Crippen molar-refractivity contribution in [2.24, 2.45) is 0 Å². The molecule has 0 radical (unpaired) electrons. The standard InChI is InChI=1S/C23H23N3O5S/c1-15-8-10-18(11-9-15)30-13-19-25-17(14-32-19)12-20(27)31-21(16-6-4-3-5-7-16)22(28)26-23(29)24-2/h3-11,14,21H,12-13H2,1-2H3,(H2,24,26,28,29). The van der Waals surface area contributed by atoms with Crippen LogP contribution in [0.15, 0.2) is 60.0 Å². The van der Waals surface area contributed by atoms with Crippen molar-refractivity contribution in [3.8, 4) is 5.75 Å². The van der Waals surface area contributed by atoms with Gasteiger partial charge in [0.15, 0.2) is 0 Å². The highest BCUT2D eigenvalue weighted by molar-refractivity contribution is 7.09. The number of nitrogens with one attached hydrogen (secondary N) is 2. The highest BCUT2D eigenvalue weighted by Gasteiger charge is 2.26. The van der Waals surface area contributed by atoms with E-state index in [4.69, 9.17) is 9.47 Å². The van der Waals surface area contributed by atoms with Crippen LogP contribution < -0.4 is 15.4 Å². The maximum absolute atomic E-state index is 12.5. The van der Waals surface area contributed by atoms with Crippen molar-refractivity contribution in [2.75, 3.05) is 7.05 Å². The number of carbonyl (C=O) groups is 3. The first-order valence-corrected chi connectivity index (χ1v) is 10.7. The molecule has 0 aliphatic carbocycles. The number of imide groups is 1. The van der Waals surface area contributed by atoms with Gasteiger partial charge in [0, 0.05) is 18.0 Å². The van der Waals surface area contributed by atoms with Crippen LogP contribution in [0.1, 0.15) is 27.9 Å². The number of hydrogen-bond donors (Lipinski definition) is 2. The molecule has 3 amide bonds. The summed E-state index contributed by atoms with van der Waals surface area (Å²) in [6.07, 6.45) is -1.37. The minimum atomic E-state index is -1.26. The van der Waals surface area contributed by atoms with Gasteiger partial charge in [0.1, 0.15) is 17.4 Å². The number of nitrogens with zero attached hydrogens (tertiary/aromatic N) is 1. The SMILES string of the molecule is CNC(=O)NC(=O)C(OC(=O)Cc1csc(COc2ccc(C)cc2)n1)c1ccccc1. The largest absolute Gasteiger partial charge is 0.486 e. The number of urea groups is 1. The molecule has 0 saturated heterocycles. The summed E-state index contributed by atoms with van der Waals surface area (Å²) in [5, 5.41) is 6.89. The monoisotopic (exact) mass is 453 g/mol. The molecule has 0 spiro atoms. The van der Waals surface area contributed by atoms with Gasteiger partial charge in [-0.05, 0) is 19.1 Å². The average molecular weight is 454 g/mol. The van der Waals surface area contributed by atoms with Crippen molar-refractivity contribution in [3.63, 3.8) is 0 Å².